The van der Waals surface area contributed by atoms with E-state index in [-0.39, 0.29) is 0 Å². The molecule has 0 atom stereocenters. The van der Waals surface area contributed by atoms with Crippen molar-refractivity contribution in [1.29, 1.82) is 0 Å². The lowest BCUT2D eigenvalue weighted by Crippen LogP contribution is -2.44. The van der Waals surface area contributed by atoms with Crippen molar-refractivity contribution < 1.29 is 4.74 Å². The Morgan fingerprint density at radius 1 is 1.00 bits per heavy atom. The van der Waals surface area contributed by atoms with Gasteiger partial charge in [-0.2, -0.15) is 0 Å². The number of fused-ring (bicyclic) bond motifs is 1. The molecule has 0 radical (unpaired) electrons. The van der Waals surface area contributed by atoms with Crippen LogP contribution in [0.1, 0.15) is 18.9 Å². The number of aryl methyl sites for hydroxylation is 1. The van der Waals surface area contributed by atoms with Gasteiger partial charge in [-0.05, 0) is 50.2 Å². The highest BCUT2D eigenvalue weighted by Gasteiger charge is 2.14. The van der Waals surface area contributed by atoms with E-state index in [1.54, 1.807) is 0 Å². The maximum Gasteiger partial charge on any atom is 0.123 e. The highest BCUT2D eigenvalue weighted by molar-refractivity contribution is 5.87. The molecule has 0 saturated carbocycles. The Morgan fingerprint density at radius 2 is 1.78 bits per heavy atom. The van der Waals surface area contributed by atoms with E-state index in [0.29, 0.717) is 0 Å². The molecule has 3 nitrogen and oxygen atoms in total. The van der Waals surface area contributed by atoms with Gasteiger partial charge < -0.3 is 14.5 Å². The second kappa shape index (κ2) is 7.80. The second-order valence-electron chi connectivity index (χ2n) is 6.44. The fraction of sp³-hybridized carbons (Fsp3) is 0.500. The van der Waals surface area contributed by atoms with E-state index < -0.39 is 0 Å². The summed E-state index contributed by atoms with van der Waals surface area (Å²) in [6.07, 6.45) is 2.28. The molecule has 1 aliphatic heterocycles. The maximum absolute atomic E-state index is 5.88. The normalized spacial score (nSPS) is 16.8. The average molecular weight is 312 g/mol. The van der Waals surface area contributed by atoms with Crippen LogP contribution >= 0.6 is 0 Å². The van der Waals surface area contributed by atoms with Crippen LogP contribution in [-0.2, 0) is 6.42 Å². The summed E-state index contributed by atoms with van der Waals surface area (Å²) in [7, 11) is 2.21. The first-order valence-electron chi connectivity index (χ1n) is 8.82. The van der Waals surface area contributed by atoms with Crippen molar-refractivity contribution >= 4 is 10.8 Å². The van der Waals surface area contributed by atoms with Crippen molar-refractivity contribution in [3.8, 4) is 5.75 Å². The molecule has 2 aromatic rings. The number of rotatable bonds is 6. The zero-order valence-electron chi connectivity index (χ0n) is 14.4. The van der Waals surface area contributed by atoms with E-state index in [0.717, 1.165) is 18.8 Å². The van der Waals surface area contributed by atoms with Crippen LogP contribution in [0.25, 0.3) is 10.8 Å². The molecule has 0 N–H and O–H groups in total. The summed E-state index contributed by atoms with van der Waals surface area (Å²) in [5, 5.41) is 2.65. The molecule has 3 rings (SSSR count). The Labute approximate surface area is 139 Å². The molecule has 1 fully saturated rings. The topological polar surface area (TPSA) is 15.7 Å². The van der Waals surface area contributed by atoms with Gasteiger partial charge in [0.2, 0.25) is 0 Å². The first kappa shape index (κ1) is 16.3. The highest BCUT2D eigenvalue weighted by atomic mass is 16.5. The minimum atomic E-state index is 0.726. The predicted octanol–water partition coefficient (Wildman–Crippen LogP) is 3.42. The first-order valence-corrected chi connectivity index (χ1v) is 8.82. The molecule has 0 amide bonds. The van der Waals surface area contributed by atoms with Crippen LogP contribution in [0.3, 0.4) is 0 Å². The number of ether oxygens (including phenoxy) is 1. The van der Waals surface area contributed by atoms with Gasteiger partial charge in [0.1, 0.15) is 5.75 Å². The van der Waals surface area contributed by atoms with Crippen molar-refractivity contribution in [2.75, 3.05) is 46.4 Å². The van der Waals surface area contributed by atoms with Crippen molar-refractivity contribution in [1.82, 2.24) is 9.80 Å². The van der Waals surface area contributed by atoms with Crippen LogP contribution in [0.5, 0.6) is 5.75 Å². The minimum absolute atomic E-state index is 0.726. The monoisotopic (exact) mass is 312 g/mol. The summed E-state index contributed by atoms with van der Waals surface area (Å²) in [6, 6.07) is 13.0. The van der Waals surface area contributed by atoms with Crippen molar-refractivity contribution in [2.24, 2.45) is 0 Å². The first-order chi connectivity index (χ1) is 11.3. The molecule has 3 heteroatoms. The van der Waals surface area contributed by atoms with Crippen molar-refractivity contribution in [3.05, 3.63) is 42.0 Å². The summed E-state index contributed by atoms with van der Waals surface area (Å²) in [5.74, 6) is 1.06. The van der Waals surface area contributed by atoms with Crippen LogP contribution in [0.15, 0.2) is 36.4 Å². The fourth-order valence-corrected chi connectivity index (χ4v) is 3.42. The highest BCUT2D eigenvalue weighted by Crippen LogP contribution is 2.29. The van der Waals surface area contributed by atoms with Gasteiger partial charge in [-0.3, -0.25) is 0 Å². The molecule has 0 aromatic heterocycles. The number of likely N-dealkylation sites (N-methyl/N-ethyl adjacent to an activating group) is 1. The predicted molar refractivity (Wildman–Crippen MR) is 97.4 cm³/mol. The lowest BCUT2D eigenvalue weighted by molar-refractivity contribution is 0.153. The van der Waals surface area contributed by atoms with Gasteiger partial charge in [0, 0.05) is 31.7 Å². The van der Waals surface area contributed by atoms with E-state index >= 15 is 0 Å². The third-order valence-corrected chi connectivity index (χ3v) is 4.79. The van der Waals surface area contributed by atoms with Gasteiger partial charge in [-0.1, -0.05) is 30.3 Å². The number of piperazine rings is 1. The summed E-state index contributed by atoms with van der Waals surface area (Å²) < 4.78 is 5.88. The zero-order valence-corrected chi connectivity index (χ0v) is 14.4. The maximum atomic E-state index is 5.88. The Hall–Kier alpha value is -1.58. The second-order valence-corrected chi connectivity index (χ2v) is 6.44. The van der Waals surface area contributed by atoms with Gasteiger partial charge in [0.05, 0.1) is 6.61 Å². The number of nitrogens with zero attached hydrogens (tertiary/aromatic N) is 2. The van der Waals surface area contributed by atoms with Crippen LogP contribution < -0.4 is 4.74 Å². The van der Waals surface area contributed by atoms with Crippen molar-refractivity contribution in [2.45, 2.75) is 19.8 Å². The number of hydrogen-bond donors (Lipinski definition) is 0. The van der Waals surface area contributed by atoms with Crippen LogP contribution in [0, 0.1) is 0 Å². The smallest absolute Gasteiger partial charge is 0.123 e. The van der Waals surface area contributed by atoms with Crippen molar-refractivity contribution in [3.63, 3.8) is 0 Å². The van der Waals surface area contributed by atoms with Crippen LogP contribution in [-0.4, -0.2) is 56.2 Å². The molecule has 23 heavy (non-hydrogen) atoms. The van der Waals surface area contributed by atoms with Gasteiger partial charge in [0.15, 0.2) is 0 Å². The largest absolute Gasteiger partial charge is 0.494 e. The minimum Gasteiger partial charge on any atom is -0.494 e. The van der Waals surface area contributed by atoms with Gasteiger partial charge in [0.25, 0.3) is 0 Å². The van der Waals surface area contributed by atoms with Crippen LogP contribution in [0.2, 0.25) is 0 Å². The molecule has 124 valence electrons. The molecular weight excluding hydrogens is 284 g/mol. The lowest BCUT2D eigenvalue weighted by Gasteiger charge is -2.32. The third-order valence-electron chi connectivity index (χ3n) is 4.79. The molecule has 1 saturated heterocycles. The fourth-order valence-electron chi connectivity index (χ4n) is 3.42. The van der Waals surface area contributed by atoms with Crippen LogP contribution in [0.4, 0.5) is 0 Å². The van der Waals surface area contributed by atoms with Gasteiger partial charge in [-0.25, -0.2) is 0 Å². The van der Waals surface area contributed by atoms with E-state index in [4.69, 9.17) is 4.74 Å². The molecule has 0 spiro atoms. The lowest BCUT2D eigenvalue weighted by atomic mass is 9.99. The quantitative estimate of drug-likeness (QED) is 0.813. The molecular formula is C20H28N2O. The molecule has 0 aliphatic carbocycles. The third kappa shape index (κ3) is 4.04. The van der Waals surface area contributed by atoms with E-state index in [9.17, 15) is 0 Å². The molecule has 1 heterocycles. The number of hydrogen-bond acceptors (Lipinski definition) is 3. The Bertz CT molecular complexity index is 633. The summed E-state index contributed by atoms with van der Waals surface area (Å²) >= 11 is 0. The average Bonchev–Trinajstić information content (AvgIpc) is 2.58. The Kier molecular flexibility index (Phi) is 5.52. The summed E-state index contributed by atoms with van der Waals surface area (Å²) in [6.45, 7) is 8.75. The molecule has 0 bridgehead atoms. The number of benzene rings is 2. The molecule has 1 aliphatic rings. The molecule has 0 unspecified atom stereocenters. The van der Waals surface area contributed by atoms with Gasteiger partial charge >= 0.3 is 0 Å². The summed E-state index contributed by atoms with van der Waals surface area (Å²) in [4.78, 5) is 5.00. The zero-order chi connectivity index (χ0) is 16.1. The van der Waals surface area contributed by atoms with E-state index in [1.807, 2.05) is 0 Å². The van der Waals surface area contributed by atoms with Gasteiger partial charge in [-0.15, -0.1) is 0 Å². The summed E-state index contributed by atoms with van der Waals surface area (Å²) in [5.41, 5.74) is 1.37. The SMILES string of the molecule is CCOc1ccc2ccccc2c1CCCN1CCN(C)CC1. The Morgan fingerprint density at radius 3 is 2.57 bits per heavy atom. The molecule has 2 aromatic carbocycles. The van der Waals surface area contributed by atoms with E-state index in [1.165, 1.54) is 55.5 Å². The Balaban J connectivity index is 1.69. The van der Waals surface area contributed by atoms with E-state index in [2.05, 4.69) is 60.2 Å². The standard InChI is InChI=1S/C20H28N2O/c1-3-23-20-11-10-17-7-4-5-8-18(17)19(20)9-6-12-22-15-13-21(2)14-16-22/h4-5,7-8,10-11H,3,6,9,12-16H2,1-2H3.